The number of aliphatic carboxylic acids is 2. The molecule has 0 aromatic carbocycles. The smallest absolute Gasteiger partial charge is 0.307 e. The maximum absolute atomic E-state index is 11.2. The van der Waals surface area contributed by atoms with E-state index in [4.69, 9.17) is 10.2 Å². The summed E-state index contributed by atoms with van der Waals surface area (Å²) in [6.45, 7) is 0. The number of carboxylic acid groups (broad SMARTS) is 2. The van der Waals surface area contributed by atoms with Crippen LogP contribution in [0.3, 0.4) is 0 Å². The van der Waals surface area contributed by atoms with Crippen molar-refractivity contribution in [2.45, 2.75) is 25.7 Å². The van der Waals surface area contributed by atoms with Gasteiger partial charge in [-0.15, -0.1) is 0 Å². The van der Waals surface area contributed by atoms with Gasteiger partial charge < -0.3 is 10.2 Å². The Hall–Kier alpha value is -1.06. The van der Waals surface area contributed by atoms with E-state index in [0.29, 0.717) is 0 Å². The molecule has 3 fully saturated rings. The molecule has 3 rings (SSSR count). The van der Waals surface area contributed by atoms with Gasteiger partial charge in [0.15, 0.2) is 0 Å². The van der Waals surface area contributed by atoms with E-state index in [1.165, 1.54) is 0 Å². The molecule has 0 radical (unpaired) electrons. The summed E-state index contributed by atoms with van der Waals surface area (Å²) in [7, 11) is 0. The van der Waals surface area contributed by atoms with E-state index >= 15 is 0 Å². The number of hydrogen-bond acceptors (Lipinski definition) is 2. The van der Waals surface area contributed by atoms with Crippen molar-refractivity contribution in [1.82, 2.24) is 0 Å². The molecule has 1 spiro atoms. The normalized spacial score (nSPS) is 44.5. The monoisotopic (exact) mass is 210 g/mol. The third kappa shape index (κ3) is 0.924. The van der Waals surface area contributed by atoms with Gasteiger partial charge in [0.2, 0.25) is 0 Å². The molecular formula is C11H14O4. The lowest BCUT2D eigenvalue weighted by atomic mass is 9.79. The molecular weight excluding hydrogens is 196 g/mol. The molecule has 4 unspecified atom stereocenters. The Balaban J connectivity index is 2.01. The van der Waals surface area contributed by atoms with Crippen LogP contribution in [0.1, 0.15) is 25.7 Å². The minimum Gasteiger partial charge on any atom is -0.481 e. The van der Waals surface area contributed by atoms with Gasteiger partial charge in [-0.3, -0.25) is 9.59 Å². The van der Waals surface area contributed by atoms with E-state index in [1.807, 2.05) is 0 Å². The summed E-state index contributed by atoms with van der Waals surface area (Å²) in [5.74, 6) is -2.77. The molecule has 82 valence electrons. The third-order valence-corrected chi connectivity index (χ3v) is 4.92. The van der Waals surface area contributed by atoms with Gasteiger partial charge >= 0.3 is 11.9 Å². The summed E-state index contributed by atoms with van der Waals surface area (Å²) < 4.78 is 0. The van der Waals surface area contributed by atoms with Crippen LogP contribution in [-0.2, 0) is 9.59 Å². The summed E-state index contributed by atoms with van der Waals surface area (Å²) in [5, 5.41) is 18.3. The summed E-state index contributed by atoms with van der Waals surface area (Å²) in [4.78, 5) is 22.3. The predicted octanol–water partition coefficient (Wildman–Crippen LogP) is 1.21. The van der Waals surface area contributed by atoms with Crippen LogP contribution in [0.15, 0.2) is 0 Å². The molecule has 0 saturated heterocycles. The lowest BCUT2D eigenvalue weighted by molar-refractivity contribution is -0.156. The average Bonchev–Trinajstić information content (AvgIpc) is 2.81. The second-order valence-corrected chi connectivity index (χ2v) is 5.25. The molecule has 4 heteroatoms. The number of carboxylic acids is 2. The van der Waals surface area contributed by atoms with Crippen LogP contribution >= 0.6 is 0 Å². The van der Waals surface area contributed by atoms with Gasteiger partial charge in [0, 0.05) is 0 Å². The van der Waals surface area contributed by atoms with Crippen LogP contribution < -0.4 is 0 Å². The first-order valence-electron chi connectivity index (χ1n) is 5.53. The molecule has 4 nitrogen and oxygen atoms in total. The largest absolute Gasteiger partial charge is 0.481 e. The van der Waals surface area contributed by atoms with Gasteiger partial charge in [0.1, 0.15) is 0 Å². The fourth-order valence-electron chi connectivity index (χ4n) is 4.32. The summed E-state index contributed by atoms with van der Waals surface area (Å²) >= 11 is 0. The number of carbonyl (C=O) groups is 2. The maximum Gasteiger partial charge on any atom is 0.307 e. The Morgan fingerprint density at radius 1 is 0.933 bits per heavy atom. The molecule has 4 atom stereocenters. The standard InChI is InChI=1S/C11H14O4/c12-9(13)7-5-1-2-6(8(7)10(14)15)11(5)3-4-11/h5-8H,1-4H2,(H,12,13)(H,14,15). The lowest BCUT2D eigenvalue weighted by Gasteiger charge is -2.23. The fourth-order valence-corrected chi connectivity index (χ4v) is 4.32. The van der Waals surface area contributed by atoms with E-state index in [9.17, 15) is 9.59 Å². The van der Waals surface area contributed by atoms with Crippen molar-refractivity contribution in [3.05, 3.63) is 0 Å². The van der Waals surface area contributed by atoms with Crippen LogP contribution in [0.4, 0.5) is 0 Å². The predicted molar refractivity (Wildman–Crippen MR) is 50.1 cm³/mol. The van der Waals surface area contributed by atoms with Crippen molar-refractivity contribution in [3.63, 3.8) is 0 Å². The first kappa shape index (κ1) is 9.19. The molecule has 0 amide bonds. The summed E-state index contributed by atoms with van der Waals surface area (Å²) in [5.41, 5.74) is 0.117. The number of hydrogen-bond donors (Lipinski definition) is 2. The molecule has 0 aromatic heterocycles. The fraction of sp³-hybridized carbons (Fsp3) is 0.818. The SMILES string of the molecule is O=C(O)C1C(C(=O)O)C2CCC1C21CC1. The van der Waals surface area contributed by atoms with Gasteiger partial charge in [-0.1, -0.05) is 0 Å². The molecule has 0 aromatic rings. The van der Waals surface area contributed by atoms with Crippen LogP contribution in [0.2, 0.25) is 0 Å². The van der Waals surface area contributed by atoms with Crippen molar-refractivity contribution >= 4 is 11.9 Å². The Morgan fingerprint density at radius 3 is 1.60 bits per heavy atom. The van der Waals surface area contributed by atoms with Gasteiger partial charge in [-0.05, 0) is 42.9 Å². The highest BCUT2D eigenvalue weighted by Crippen LogP contribution is 2.74. The van der Waals surface area contributed by atoms with Crippen molar-refractivity contribution < 1.29 is 19.8 Å². The average molecular weight is 210 g/mol. The van der Waals surface area contributed by atoms with Gasteiger partial charge in [-0.25, -0.2) is 0 Å². The van der Waals surface area contributed by atoms with Crippen LogP contribution in [0, 0.1) is 29.1 Å². The molecule has 3 saturated carbocycles. The zero-order valence-corrected chi connectivity index (χ0v) is 8.35. The van der Waals surface area contributed by atoms with Crippen molar-refractivity contribution in [1.29, 1.82) is 0 Å². The second-order valence-electron chi connectivity index (χ2n) is 5.25. The molecule has 15 heavy (non-hydrogen) atoms. The topological polar surface area (TPSA) is 74.6 Å². The molecule has 0 heterocycles. The van der Waals surface area contributed by atoms with Crippen molar-refractivity contribution in [2.24, 2.45) is 29.1 Å². The first-order valence-corrected chi connectivity index (χ1v) is 5.53. The first-order chi connectivity index (χ1) is 7.08. The Labute approximate surface area is 87.3 Å². The van der Waals surface area contributed by atoms with E-state index in [1.54, 1.807) is 0 Å². The minimum absolute atomic E-state index is 0.117. The highest BCUT2D eigenvalue weighted by atomic mass is 16.4. The van der Waals surface area contributed by atoms with Crippen molar-refractivity contribution in [3.8, 4) is 0 Å². The van der Waals surface area contributed by atoms with Crippen molar-refractivity contribution in [2.75, 3.05) is 0 Å². The highest BCUT2D eigenvalue weighted by molar-refractivity contribution is 5.82. The highest BCUT2D eigenvalue weighted by Gasteiger charge is 2.71. The van der Waals surface area contributed by atoms with E-state index in [2.05, 4.69) is 0 Å². The molecule has 2 bridgehead atoms. The zero-order chi connectivity index (χ0) is 10.8. The molecule has 0 aliphatic heterocycles. The van der Waals surface area contributed by atoms with Crippen LogP contribution in [0.5, 0.6) is 0 Å². The Kier molecular flexibility index (Phi) is 1.56. The summed E-state index contributed by atoms with van der Waals surface area (Å²) in [6, 6.07) is 0. The number of rotatable bonds is 2. The van der Waals surface area contributed by atoms with Crippen LogP contribution in [0.25, 0.3) is 0 Å². The third-order valence-electron chi connectivity index (χ3n) is 4.92. The zero-order valence-electron chi connectivity index (χ0n) is 8.35. The minimum atomic E-state index is -0.902. The maximum atomic E-state index is 11.2. The Bertz CT molecular complexity index is 314. The van der Waals surface area contributed by atoms with Gasteiger partial charge in [-0.2, -0.15) is 0 Å². The van der Waals surface area contributed by atoms with E-state index < -0.39 is 23.8 Å². The molecule has 3 aliphatic rings. The molecule has 2 N–H and O–H groups in total. The van der Waals surface area contributed by atoms with Gasteiger partial charge in [0.05, 0.1) is 11.8 Å². The second kappa shape index (κ2) is 2.54. The summed E-state index contributed by atoms with van der Waals surface area (Å²) in [6.07, 6.45) is 3.95. The van der Waals surface area contributed by atoms with Crippen LogP contribution in [-0.4, -0.2) is 22.2 Å². The van der Waals surface area contributed by atoms with E-state index in [0.717, 1.165) is 25.7 Å². The molecule has 3 aliphatic carbocycles. The van der Waals surface area contributed by atoms with Gasteiger partial charge in [0.25, 0.3) is 0 Å². The van der Waals surface area contributed by atoms with E-state index in [-0.39, 0.29) is 17.3 Å². The quantitative estimate of drug-likeness (QED) is 0.718. The Morgan fingerprint density at radius 2 is 1.33 bits per heavy atom. The lowest BCUT2D eigenvalue weighted by Crippen LogP contribution is -2.34.